The van der Waals surface area contributed by atoms with Gasteiger partial charge in [0, 0.05) is 55.3 Å². The normalized spacial score (nSPS) is 22.2. The molecule has 2 fully saturated rings. The lowest BCUT2D eigenvalue weighted by Gasteiger charge is -2.31. The molecule has 0 aromatic carbocycles. The molecule has 176 valence electrons. The fourth-order valence-electron chi connectivity index (χ4n) is 4.49. The summed E-state index contributed by atoms with van der Waals surface area (Å²) in [5.41, 5.74) is 1.68. The first kappa shape index (κ1) is 23.4. The quantitative estimate of drug-likeness (QED) is 0.493. The predicted octanol–water partition coefficient (Wildman–Crippen LogP) is 4.35. The molecule has 7 nitrogen and oxygen atoms in total. The van der Waals surface area contributed by atoms with Gasteiger partial charge in [-0.25, -0.2) is 9.37 Å². The standard InChI is InChI=1S/C25H33FN6O/c1-17(14-33-2)31-19-3-5-20(6-4-19)32-24-10-22(23(26)13-29-24)18-9-21(12-28-11-18)30-16-25(15-27)7-8-25/h9-13,17,19-20,30-31H,3-8,14,16H2,1-2H3,(H,29,32)/t17-,19?,20?/m1/s1. The maximum atomic E-state index is 14.6. The van der Waals surface area contributed by atoms with E-state index in [9.17, 15) is 9.65 Å². The van der Waals surface area contributed by atoms with Crippen molar-refractivity contribution in [2.75, 3.05) is 30.9 Å². The average molecular weight is 453 g/mol. The lowest BCUT2D eigenvalue weighted by atomic mass is 9.90. The molecule has 2 aliphatic rings. The summed E-state index contributed by atoms with van der Waals surface area (Å²) < 4.78 is 19.9. The first-order valence-electron chi connectivity index (χ1n) is 11.8. The van der Waals surface area contributed by atoms with E-state index in [0.717, 1.165) is 44.2 Å². The third-order valence-corrected chi connectivity index (χ3v) is 6.64. The van der Waals surface area contributed by atoms with Crippen LogP contribution in [0.15, 0.2) is 30.7 Å². The number of hydrogen-bond donors (Lipinski definition) is 3. The van der Waals surface area contributed by atoms with Crippen LogP contribution in [-0.4, -0.2) is 48.4 Å². The zero-order valence-corrected chi connectivity index (χ0v) is 19.4. The maximum absolute atomic E-state index is 14.6. The van der Waals surface area contributed by atoms with Gasteiger partial charge in [-0.2, -0.15) is 5.26 Å². The molecule has 0 amide bonds. The molecule has 0 unspecified atom stereocenters. The number of rotatable bonds is 10. The Morgan fingerprint density at radius 3 is 2.64 bits per heavy atom. The minimum Gasteiger partial charge on any atom is -0.383 e. The van der Waals surface area contributed by atoms with Gasteiger partial charge in [0.15, 0.2) is 0 Å². The van der Waals surface area contributed by atoms with Crippen molar-refractivity contribution in [3.63, 3.8) is 0 Å². The Morgan fingerprint density at radius 1 is 1.18 bits per heavy atom. The van der Waals surface area contributed by atoms with Gasteiger partial charge in [0.2, 0.25) is 0 Å². The Hall–Kier alpha value is -2.76. The van der Waals surface area contributed by atoms with Crippen molar-refractivity contribution in [2.24, 2.45) is 5.41 Å². The summed E-state index contributed by atoms with van der Waals surface area (Å²) in [7, 11) is 1.73. The number of methoxy groups -OCH3 is 1. The highest BCUT2D eigenvalue weighted by atomic mass is 19.1. The molecule has 0 bridgehead atoms. The molecule has 2 aliphatic carbocycles. The van der Waals surface area contributed by atoms with Crippen LogP contribution >= 0.6 is 0 Å². The van der Waals surface area contributed by atoms with E-state index in [4.69, 9.17) is 4.74 Å². The number of nitrogens with one attached hydrogen (secondary N) is 3. The van der Waals surface area contributed by atoms with Gasteiger partial charge in [-0.3, -0.25) is 4.98 Å². The van der Waals surface area contributed by atoms with E-state index in [-0.39, 0.29) is 11.2 Å². The average Bonchev–Trinajstić information content (AvgIpc) is 3.61. The molecule has 33 heavy (non-hydrogen) atoms. The van der Waals surface area contributed by atoms with Crippen molar-refractivity contribution in [1.29, 1.82) is 5.26 Å². The fourth-order valence-corrected chi connectivity index (χ4v) is 4.49. The Kier molecular flexibility index (Phi) is 7.41. The second kappa shape index (κ2) is 10.4. The van der Waals surface area contributed by atoms with E-state index in [2.05, 4.69) is 38.9 Å². The van der Waals surface area contributed by atoms with Crippen LogP contribution < -0.4 is 16.0 Å². The van der Waals surface area contributed by atoms with Gasteiger partial charge in [-0.05, 0) is 57.6 Å². The first-order chi connectivity index (χ1) is 16.0. The van der Waals surface area contributed by atoms with Crippen LogP contribution in [0.25, 0.3) is 11.1 Å². The minimum atomic E-state index is -0.379. The molecule has 0 radical (unpaired) electrons. The molecule has 0 aliphatic heterocycles. The Morgan fingerprint density at radius 2 is 1.94 bits per heavy atom. The van der Waals surface area contributed by atoms with Crippen molar-refractivity contribution < 1.29 is 9.13 Å². The highest BCUT2D eigenvalue weighted by Crippen LogP contribution is 2.44. The summed E-state index contributed by atoms with van der Waals surface area (Å²) in [5, 5.41) is 19.7. The van der Waals surface area contributed by atoms with E-state index in [1.165, 1.54) is 6.20 Å². The summed E-state index contributed by atoms with van der Waals surface area (Å²) in [6.45, 7) is 3.44. The molecule has 2 aromatic heterocycles. The third kappa shape index (κ3) is 6.18. The zero-order valence-electron chi connectivity index (χ0n) is 19.4. The van der Waals surface area contributed by atoms with Gasteiger partial charge in [0.1, 0.15) is 11.6 Å². The minimum absolute atomic E-state index is 0.259. The summed E-state index contributed by atoms with van der Waals surface area (Å²) in [6.07, 6.45) is 10.7. The van der Waals surface area contributed by atoms with Crippen LogP contribution in [-0.2, 0) is 4.74 Å². The SMILES string of the molecule is COC[C@@H](C)NC1CCC(Nc2cc(-c3cncc(NCC4(C#N)CC4)c3)c(F)cn2)CC1. The first-order valence-corrected chi connectivity index (χ1v) is 11.8. The lowest BCUT2D eigenvalue weighted by Crippen LogP contribution is -2.42. The monoisotopic (exact) mass is 452 g/mol. The number of hydrogen-bond acceptors (Lipinski definition) is 7. The van der Waals surface area contributed by atoms with Crippen LogP contribution in [0.1, 0.15) is 45.4 Å². The summed E-state index contributed by atoms with van der Waals surface area (Å²) >= 11 is 0. The molecular formula is C25H33FN6O. The van der Waals surface area contributed by atoms with Crippen LogP contribution in [0.2, 0.25) is 0 Å². The van der Waals surface area contributed by atoms with E-state index >= 15 is 0 Å². The topological polar surface area (TPSA) is 94.9 Å². The number of pyridine rings is 2. The van der Waals surface area contributed by atoms with Gasteiger partial charge in [0.05, 0.1) is 30.0 Å². The van der Waals surface area contributed by atoms with E-state index in [1.807, 2.05) is 6.07 Å². The summed E-state index contributed by atoms with van der Waals surface area (Å²) in [6, 6.07) is 7.18. The molecule has 0 spiro atoms. The number of ether oxygens (including phenoxy) is 1. The molecule has 4 rings (SSSR count). The molecule has 8 heteroatoms. The van der Waals surface area contributed by atoms with Gasteiger partial charge >= 0.3 is 0 Å². The molecular weight excluding hydrogens is 419 g/mol. The third-order valence-electron chi connectivity index (χ3n) is 6.64. The van der Waals surface area contributed by atoms with Crippen molar-refractivity contribution in [1.82, 2.24) is 15.3 Å². The summed E-state index contributed by atoms with van der Waals surface area (Å²) in [4.78, 5) is 8.54. The summed E-state index contributed by atoms with van der Waals surface area (Å²) in [5.74, 6) is 0.297. The van der Waals surface area contributed by atoms with E-state index in [1.54, 1.807) is 25.6 Å². The number of halogens is 1. The second-order valence-corrected chi connectivity index (χ2v) is 9.47. The Balaban J connectivity index is 1.37. The van der Waals surface area contributed by atoms with E-state index < -0.39 is 0 Å². The number of anilines is 2. The van der Waals surface area contributed by atoms with Gasteiger partial charge < -0.3 is 20.7 Å². The van der Waals surface area contributed by atoms with Crippen molar-refractivity contribution in [2.45, 2.75) is 63.6 Å². The molecule has 2 saturated carbocycles. The predicted molar refractivity (Wildman–Crippen MR) is 127 cm³/mol. The van der Waals surface area contributed by atoms with Gasteiger partial charge in [-0.1, -0.05) is 0 Å². The molecule has 3 N–H and O–H groups in total. The van der Waals surface area contributed by atoms with Crippen LogP contribution in [0.4, 0.5) is 15.9 Å². The second-order valence-electron chi connectivity index (χ2n) is 9.47. The number of aromatic nitrogens is 2. The Labute approximate surface area is 195 Å². The van der Waals surface area contributed by atoms with Crippen molar-refractivity contribution in [3.05, 3.63) is 36.5 Å². The Bertz CT molecular complexity index is 981. The highest BCUT2D eigenvalue weighted by Gasteiger charge is 2.42. The lowest BCUT2D eigenvalue weighted by molar-refractivity contribution is 0.161. The van der Waals surface area contributed by atoms with Crippen LogP contribution in [0, 0.1) is 22.6 Å². The maximum Gasteiger partial charge on any atom is 0.149 e. The molecule has 1 atom stereocenters. The van der Waals surface area contributed by atoms with Crippen LogP contribution in [0.5, 0.6) is 0 Å². The van der Waals surface area contributed by atoms with Gasteiger partial charge in [-0.15, -0.1) is 0 Å². The van der Waals surface area contributed by atoms with Crippen molar-refractivity contribution in [3.8, 4) is 17.2 Å². The largest absolute Gasteiger partial charge is 0.383 e. The molecule has 2 aromatic rings. The van der Waals surface area contributed by atoms with Crippen LogP contribution in [0.3, 0.4) is 0 Å². The van der Waals surface area contributed by atoms with Crippen molar-refractivity contribution >= 4 is 11.5 Å². The fraction of sp³-hybridized carbons (Fsp3) is 0.560. The smallest absolute Gasteiger partial charge is 0.149 e. The zero-order chi connectivity index (χ0) is 23.3. The molecule has 2 heterocycles. The highest BCUT2D eigenvalue weighted by molar-refractivity contribution is 5.69. The van der Waals surface area contributed by atoms with E-state index in [0.29, 0.717) is 48.2 Å². The van der Waals surface area contributed by atoms with Gasteiger partial charge in [0.25, 0.3) is 0 Å². The molecule has 0 saturated heterocycles. The number of nitrogens with zero attached hydrogens (tertiary/aromatic N) is 3. The number of nitriles is 1.